The van der Waals surface area contributed by atoms with Crippen LogP contribution in [0.3, 0.4) is 0 Å². The second-order valence-corrected chi connectivity index (χ2v) is 14.3. The molecule has 0 spiro atoms. The van der Waals surface area contributed by atoms with Crippen molar-refractivity contribution in [1.82, 2.24) is 0 Å². The third-order valence-electron chi connectivity index (χ3n) is 8.83. The molecule has 50 heavy (non-hydrogen) atoms. The number of allylic oxidation sites excluding steroid dienone is 5. The normalized spacial score (nSPS) is 15.9. The number of thiophene rings is 1. The van der Waals surface area contributed by atoms with Gasteiger partial charge in [-0.3, -0.25) is 28.8 Å². The monoisotopic (exact) mass is 730 g/mol. The lowest BCUT2D eigenvalue weighted by Gasteiger charge is -2.21. The van der Waals surface area contributed by atoms with Crippen LogP contribution in [0.4, 0.5) is 0 Å². The summed E-state index contributed by atoms with van der Waals surface area (Å²) in [5, 5.41) is -0.672. The Labute approximate surface area is 305 Å². The molecule has 0 N–H and O–H groups in total. The number of methoxy groups -OCH3 is 1. The number of carbonyl (C=O) groups excluding carboxylic acids is 6. The molecule has 1 aromatic heterocycles. The average Bonchev–Trinajstić information content (AvgIpc) is 3.51. The first kappa shape index (κ1) is 37.0. The van der Waals surface area contributed by atoms with Crippen LogP contribution in [0.15, 0.2) is 78.4 Å². The van der Waals surface area contributed by atoms with Gasteiger partial charge in [0.1, 0.15) is 5.38 Å². The zero-order valence-corrected chi connectivity index (χ0v) is 29.9. The quantitative estimate of drug-likeness (QED) is 0.0625. The summed E-state index contributed by atoms with van der Waals surface area (Å²) in [5.74, 6) is -2.75. The van der Waals surface area contributed by atoms with Crippen LogP contribution in [0.2, 0.25) is 5.02 Å². The number of hydrogen-bond acceptors (Lipinski definition) is 8. The summed E-state index contributed by atoms with van der Waals surface area (Å²) >= 11 is 13.8. The number of Topliss-reactive ketones (excluding diaryl/α,β-unsaturated/α-hetero) is 5. The molecule has 2 aliphatic rings. The third kappa shape index (κ3) is 8.73. The summed E-state index contributed by atoms with van der Waals surface area (Å²) in [7, 11) is 1.36. The Morgan fingerprint density at radius 1 is 0.860 bits per heavy atom. The number of rotatable bonds is 16. The molecule has 2 unspecified atom stereocenters. The molecule has 10 heteroatoms. The maximum Gasteiger partial charge on any atom is 0.305 e. The number of alkyl halides is 1. The van der Waals surface area contributed by atoms with E-state index in [1.54, 1.807) is 78.9 Å². The molecule has 0 amide bonds. The first-order valence-corrected chi connectivity index (χ1v) is 18.2. The smallest absolute Gasteiger partial charge is 0.305 e. The van der Waals surface area contributed by atoms with Gasteiger partial charge in [-0.2, -0.15) is 0 Å². The molecule has 5 rings (SSSR count). The molecule has 0 bridgehead atoms. The highest BCUT2D eigenvalue weighted by Gasteiger charge is 2.39. The summed E-state index contributed by atoms with van der Waals surface area (Å²) in [6.07, 6.45) is 10.9. The van der Waals surface area contributed by atoms with Gasteiger partial charge in [0.05, 0.1) is 17.9 Å². The number of hydrogen-bond donors (Lipinski definition) is 0. The van der Waals surface area contributed by atoms with Gasteiger partial charge in [0, 0.05) is 63.4 Å². The Hall–Kier alpha value is -4.24. The minimum atomic E-state index is -1.19. The standard InChI is InChI=1S/C40H36Cl2O7S/c1-49-34(46)13-9-4-2-3-8-12-30(43)35-36-33(21-20-29(39(36)48)37(42)38(47)26-10-6-5-7-11-26)50-40(35)28-19-14-24(23-32(28)45)22-31(44)25-15-17-27(41)18-16-25/h5-7,10-11,14-21,29,37H,2-4,8-9,12-13,22-23H2,1H3. The van der Waals surface area contributed by atoms with E-state index in [-0.39, 0.29) is 53.7 Å². The van der Waals surface area contributed by atoms with E-state index < -0.39 is 22.9 Å². The summed E-state index contributed by atoms with van der Waals surface area (Å²) in [5.41, 5.74) is 2.18. The van der Waals surface area contributed by atoms with Crippen molar-refractivity contribution in [2.75, 3.05) is 7.11 Å². The van der Waals surface area contributed by atoms with Crippen molar-refractivity contribution in [3.8, 4) is 0 Å². The number of carbonyl (C=O) groups is 6. The van der Waals surface area contributed by atoms with Crippen molar-refractivity contribution in [2.24, 2.45) is 5.92 Å². The maximum absolute atomic E-state index is 14.1. The second kappa shape index (κ2) is 17.1. The molecular weight excluding hydrogens is 695 g/mol. The Morgan fingerprint density at radius 2 is 1.54 bits per heavy atom. The highest BCUT2D eigenvalue weighted by atomic mass is 35.5. The Morgan fingerprint density at radius 3 is 2.22 bits per heavy atom. The van der Waals surface area contributed by atoms with Gasteiger partial charge in [0.25, 0.3) is 0 Å². The highest BCUT2D eigenvalue weighted by Crippen LogP contribution is 2.42. The Kier molecular flexibility index (Phi) is 12.7. The molecule has 0 saturated heterocycles. The van der Waals surface area contributed by atoms with E-state index in [1.165, 1.54) is 18.4 Å². The summed E-state index contributed by atoms with van der Waals surface area (Å²) in [6, 6.07) is 15.1. The van der Waals surface area contributed by atoms with Gasteiger partial charge in [-0.25, -0.2) is 0 Å². The van der Waals surface area contributed by atoms with Crippen LogP contribution >= 0.6 is 34.5 Å². The lowest BCUT2D eigenvalue weighted by atomic mass is 9.82. The summed E-state index contributed by atoms with van der Waals surface area (Å²) < 4.78 is 4.68. The number of halogens is 2. The number of unbranched alkanes of at least 4 members (excludes halogenated alkanes) is 4. The molecule has 2 atom stereocenters. The lowest BCUT2D eigenvalue weighted by Crippen LogP contribution is -2.32. The summed E-state index contributed by atoms with van der Waals surface area (Å²) in [6.45, 7) is 0. The molecule has 0 fully saturated rings. The van der Waals surface area contributed by atoms with Crippen LogP contribution in [0.1, 0.15) is 109 Å². The van der Waals surface area contributed by atoms with Crippen LogP contribution in [-0.4, -0.2) is 47.4 Å². The fourth-order valence-corrected chi connectivity index (χ4v) is 7.83. The Bertz CT molecular complexity index is 1900. The molecule has 3 aromatic rings. The van der Waals surface area contributed by atoms with Gasteiger partial charge in [-0.1, -0.05) is 78.9 Å². The molecule has 0 saturated carbocycles. The van der Waals surface area contributed by atoms with Gasteiger partial charge < -0.3 is 4.74 Å². The van der Waals surface area contributed by atoms with Crippen molar-refractivity contribution in [3.63, 3.8) is 0 Å². The van der Waals surface area contributed by atoms with Gasteiger partial charge in [-0.05, 0) is 49.3 Å². The molecule has 1 heterocycles. The number of ether oxygens (including phenoxy) is 1. The van der Waals surface area contributed by atoms with Crippen molar-refractivity contribution in [3.05, 3.63) is 115 Å². The van der Waals surface area contributed by atoms with E-state index >= 15 is 0 Å². The van der Waals surface area contributed by atoms with Crippen LogP contribution in [-0.2, 0) is 14.3 Å². The van der Waals surface area contributed by atoms with Crippen LogP contribution in [0.25, 0.3) is 11.6 Å². The minimum absolute atomic E-state index is 0.00528. The molecule has 0 radical (unpaired) electrons. The zero-order valence-electron chi connectivity index (χ0n) is 27.5. The molecule has 2 aliphatic carbocycles. The van der Waals surface area contributed by atoms with Crippen molar-refractivity contribution >= 4 is 81.1 Å². The van der Waals surface area contributed by atoms with E-state index in [1.807, 2.05) is 0 Å². The first-order valence-electron chi connectivity index (χ1n) is 16.5. The Balaban J connectivity index is 1.40. The second-order valence-electron chi connectivity index (χ2n) is 12.3. The predicted octanol–water partition coefficient (Wildman–Crippen LogP) is 9.36. The first-order chi connectivity index (χ1) is 24.1. The SMILES string of the molecule is COC(=O)CCCCCCCC(=O)c1c(C2=CC=C(CC(=O)c3ccc(Cl)cc3)CC2=O)sc2c1C(=O)C(C(Cl)C(=O)c1ccccc1)C=C2. The van der Waals surface area contributed by atoms with E-state index in [0.717, 1.165) is 19.3 Å². The predicted molar refractivity (Wildman–Crippen MR) is 196 cm³/mol. The lowest BCUT2D eigenvalue weighted by molar-refractivity contribution is -0.140. The van der Waals surface area contributed by atoms with Crippen LogP contribution < -0.4 is 0 Å². The fourth-order valence-electron chi connectivity index (χ4n) is 6.10. The molecule has 0 aliphatic heterocycles. The van der Waals surface area contributed by atoms with Crippen molar-refractivity contribution < 1.29 is 33.5 Å². The fraction of sp³-hybridized carbons (Fsp3) is 0.300. The molecule has 2 aromatic carbocycles. The van der Waals surface area contributed by atoms with E-state index in [4.69, 9.17) is 23.2 Å². The minimum Gasteiger partial charge on any atom is -0.469 e. The molecule has 7 nitrogen and oxygen atoms in total. The number of fused-ring (bicyclic) bond motifs is 1. The zero-order chi connectivity index (χ0) is 35.8. The van der Waals surface area contributed by atoms with Crippen LogP contribution in [0, 0.1) is 5.92 Å². The van der Waals surface area contributed by atoms with E-state index in [2.05, 4.69) is 4.74 Å². The van der Waals surface area contributed by atoms with Crippen molar-refractivity contribution in [1.29, 1.82) is 0 Å². The number of ketones is 5. The van der Waals surface area contributed by atoms with Gasteiger partial charge >= 0.3 is 5.97 Å². The topological polar surface area (TPSA) is 112 Å². The number of esters is 1. The van der Waals surface area contributed by atoms with Crippen molar-refractivity contribution in [2.45, 2.75) is 63.2 Å². The van der Waals surface area contributed by atoms with Gasteiger partial charge in [0.15, 0.2) is 28.9 Å². The summed E-state index contributed by atoms with van der Waals surface area (Å²) in [4.78, 5) is 80.2. The largest absolute Gasteiger partial charge is 0.469 e. The van der Waals surface area contributed by atoms with E-state index in [0.29, 0.717) is 56.3 Å². The molecule has 258 valence electrons. The highest BCUT2D eigenvalue weighted by molar-refractivity contribution is 7.15. The van der Waals surface area contributed by atoms with Gasteiger partial charge in [0.2, 0.25) is 0 Å². The average molecular weight is 732 g/mol. The van der Waals surface area contributed by atoms with Crippen LogP contribution in [0.5, 0.6) is 0 Å². The van der Waals surface area contributed by atoms with E-state index in [9.17, 15) is 28.8 Å². The maximum atomic E-state index is 14.1. The van der Waals surface area contributed by atoms with Gasteiger partial charge in [-0.15, -0.1) is 22.9 Å². The molecular formula is C40H36Cl2O7S. The number of benzene rings is 2. The third-order valence-corrected chi connectivity index (χ3v) is 10.7.